The fourth-order valence-corrected chi connectivity index (χ4v) is 4.09. The third-order valence-corrected chi connectivity index (χ3v) is 5.55. The van der Waals surface area contributed by atoms with Crippen molar-refractivity contribution < 1.29 is 9.59 Å². The van der Waals surface area contributed by atoms with Crippen LogP contribution in [0.25, 0.3) is 0 Å². The molecule has 112 valence electrons. The third kappa shape index (κ3) is 1.87. The first-order valence-electron chi connectivity index (χ1n) is 8.19. The Morgan fingerprint density at radius 3 is 2.40 bits per heavy atom. The molecule has 0 radical (unpaired) electrons. The SMILES string of the molecule is CCCN1C(=O)C2(CCCCC2)NC(=O)C1(C)C1CC1. The molecule has 4 heteroatoms. The van der Waals surface area contributed by atoms with E-state index in [1.165, 1.54) is 6.42 Å². The van der Waals surface area contributed by atoms with Crippen LogP contribution in [0.4, 0.5) is 0 Å². The number of rotatable bonds is 3. The normalized spacial score (nSPS) is 33.4. The Balaban J connectivity index is 1.94. The van der Waals surface area contributed by atoms with Crippen LogP contribution in [0.15, 0.2) is 0 Å². The first-order valence-corrected chi connectivity index (χ1v) is 8.19. The molecule has 1 atom stereocenters. The summed E-state index contributed by atoms with van der Waals surface area (Å²) in [4.78, 5) is 27.8. The summed E-state index contributed by atoms with van der Waals surface area (Å²) >= 11 is 0. The Kier molecular flexibility index (Phi) is 3.30. The van der Waals surface area contributed by atoms with Crippen LogP contribution in [0.1, 0.15) is 65.2 Å². The van der Waals surface area contributed by atoms with Crippen molar-refractivity contribution in [3.63, 3.8) is 0 Å². The van der Waals surface area contributed by atoms with E-state index in [2.05, 4.69) is 12.2 Å². The van der Waals surface area contributed by atoms with Gasteiger partial charge in [-0.25, -0.2) is 0 Å². The Bertz CT molecular complexity index is 424. The van der Waals surface area contributed by atoms with Crippen molar-refractivity contribution in [2.45, 2.75) is 76.3 Å². The summed E-state index contributed by atoms with van der Waals surface area (Å²) in [7, 11) is 0. The lowest BCUT2D eigenvalue weighted by atomic mass is 9.75. The molecule has 2 saturated carbocycles. The van der Waals surface area contributed by atoms with Crippen LogP contribution in [0.5, 0.6) is 0 Å². The van der Waals surface area contributed by atoms with E-state index in [1.54, 1.807) is 0 Å². The number of hydrogen-bond acceptors (Lipinski definition) is 2. The second-order valence-corrected chi connectivity index (χ2v) is 6.98. The summed E-state index contributed by atoms with van der Waals surface area (Å²) in [6, 6.07) is 0. The minimum Gasteiger partial charge on any atom is -0.340 e. The van der Waals surface area contributed by atoms with E-state index in [-0.39, 0.29) is 11.8 Å². The van der Waals surface area contributed by atoms with E-state index in [4.69, 9.17) is 0 Å². The molecule has 0 aromatic rings. The molecule has 1 N–H and O–H groups in total. The van der Waals surface area contributed by atoms with E-state index in [0.717, 1.165) is 44.9 Å². The molecule has 1 spiro atoms. The quantitative estimate of drug-likeness (QED) is 0.860. The lowest BCUT2D eigenvalue weighted by Gasteiger charge is -2.52. The number of nitrogens with one attached hydrogen (secondary N) is 1. The topological polar surface area (TPSA) is 49.4 Å². The molecule has 20 heavy (non-hydrogen) atoms. The van der Waals surface area contributed by atoms with Crippen molar-refractivity contribution in [1.82, 2.24) is 10.2 Å². The molecule has 1 heterocycles. The maximum absolute atomic E-state index is 13.1. The molecule has 0 bridgehead atoms. The Morgan fingerprint density at radius 2 is 1.85 bits per heavy atom. The van der Waals surface area contributed by atoms with Crippen molar-refractivity contribution in [2.24, 2.45) is 5.92 Å². The molecule has 2 aliphatic carbocycles. The molecule has 0 aromatic heterocycles. The molecular formula is C16H26N2O2. The molecule has 3 aliphatic rings. The maximum atomic E-state index is 13.1. The molecule has 0 aromatic carbocycles. The molecule has 3 fully saturated rings. The summed E-state index contributed by atoms with van der Waals surface area (Å²) in [6.07, 6.45) is 7.97. The second kappa shape index (κ2) is 4.74. The van der Waals surface area contributed by atoms with Crippen LogP contribution in [0, 0.1) is 5.92 Å². The highest BCUT2D eigenvalue weighted by atomic mass is 16.2. The molecule has 3 rings (SSSR count). The predicted molar refractivity (Wildman–Crippen MR) is 77.1 cm³/mol. The Hall–Kier alpha value is -1.06. The zero-order chi connectivity index (χ0) is 14.4. The van der Waals surface area contributed by atoms with Gasteiger partial charge in [-0.15, -0.1) is 0 Å². The van der Waals surface area contributed by atoms with E-state index >= 15 is 0 Å². The number of amides is 2. The van der Waals surface area contributed by atoms with Crippen LogP contribution in [-0.4, -0.2) is 34.3 Å². The largest absolute Gasteiger partial charge is 0.340 e. The van der Waals surface area contributed by atoms with Crippen molar-refractivity contribution in [3.05, 3.63) is 0 Å². The monoisotopic (exact) mass is 278 g/mol. The van der Waals surface area contributed by atoms with Gasteiger partial charge in [0, 0.05) is 6.54 Å². The van der Waals surface area contributed by atoms with Crippen LogP contribution in [-0.2, 0) is 9.59 Å². The molecule has 4 nitrogen and oxygen atoms in total. The van der Waals surface area contributed by atoms with Crippen LogP contribution in [0.2, 0.25) is 0 Å². The van der Waals surface area contributed by atoms with Crippen LogP contribution in [0.3, 0.4) is 0 Å². The van der Waals surface area contributed by atoms with Gasteiger partial charge in [0.05, 0.1) is 0 Å². The summed E-state index contributed by atoms with van der Waals surface area (Å²) in [6.45, 7) is 4.77. The fraction of sp³-hybridized carbons (Fsp3) is 0.875. The molecule has 1 saturated heterocycles. The average Bonchev–Trinajstić information content (AvgIpc) is 3.27. The van der Waals surface area contributed by atoms with Crippen LogP contribution < -0.4 is 5.32 Å². The first kappa shape index (κ1) is 13.9. The minimum absolute atomic E-state index is 0.0925. The van der Waals surface area contributed by atoms with E-state index < -0.39 is 11.1 Å². The van der Waals surface area contributed by atoms with Gasteiger partial charge in [-0.1, -0.05) is 26.2 Å². The summed E-state index contributed by atoms with van der Waals surface area (Å²) in [5.41, 5.74) is -1.19. The third-order valence-electron chi connectivity index (χ3n) is 5.55. The lowest BCUT2D eigenvalue weighted by molar-refractivity contribution is -0.165. The van der Waals surface area contributed by atoms with E-state index in [0.29, 0.717) is 12.5 Å². The van der Waals surface area contributed by atoms with E-state index in [9.17, 15) is 9.59 Å². The zero-order valence-corrected chi connectivity index (χ0v) is 12.7. The van der Waals surface area contributed by atoms with Crippen molar-refractivity contribution in [1.29, 1.82) is 0 Å². The van der Waals surface area contributed by atoms with Gasteiger partial charge < -0.3 is 10.2 Å². The molecular weight excluding hydrogens is 252 g/mol. The van der Waals surface area contributed by atoms with Gasteiger partial charge in [0.15, 0.2) is 0 Å². The van der Waals surface area contributed by atoms with Crippen molar-refractivity contribution in [2.75, 3.05) is 6.54 Å². The Labute approximate surface area is 121 Å². The highest BCUT2D eigenvalue weighted by Gasteiger charge is 2.60. The van der Waals surface area contributed by atoms with Gasteiger partial charge in [-0.05, 0) is 44.9 Å². The van der Waals surface area contributed by atoms with Crippen LogP contribution >= 0.6 is 0 Å². The van der Waals surface area contributed by atoms with Crippen molar-refractivity contribution >= 4 is 11.8 Å². The van der Waals surface area contributed by atoms with Crippen molar-refractivity contribution in [3.8, 4) is 0 Å². The fourth-order valence-electron chi connectivity index (χ4n) is 4.09. The second-order valence-electron chi connectivity index (χ2n) is 6.98. The lowest BCUT2D eigenvalue weighted by Crippen LogP contribution is -2.76. The molecule has 2 amide bonds. The Morgan fingerprint density at radius 1 is 1.20 bits per heavy atom. The number of carbonyl (C=O) groups excluding carboxylic acids is 2. The number of hydrogen-bond donors (Lipinski definition) is 1. The van der Waals surface area contributed by atoms with Gasteiger partial charge in [-0.3, -0.25) is 9.59 Å². The molecule has 1 aliphatic heterocycles. The smallest absolute Gasteiger partial charge is 0.249 e. The van der Waals surface area contributed by atoms with Gasteiger partial charge in [0.1, 0.15) is 11.1 Å². The minimum atomic E-state index is -0.601. The zero-order valence-electron chi connectivity index (χ0n) is 12.7. The van der Waals surface area contributed by atoms with Gasteiger partial charge in [0.2, 0.25) is 11.8 Å². The predicted octanol–water partition coefficient (Wildman–Crippen LogP) is 2.23. The average molecular weight is 278 g/mol. The van der Waals surface area contributed by atoms with Gasteiger partial charge in [0.25, 0.3) is 0 Å². The summed E-state index contributed by atoms with van der Waals surface area (Å²) < 4.78 is 0. The highest BCUT2D eigenvalue weighted by Crippen LogP contribution is 2.47. The number of piperazine rings is 1. The van der Waals surface area contributed by atoms with E-state index in [1.807, 2.05) is 11.8 Å². The maximum Gasteiger partial charge on any atom is 0.249 e. The first-order chi connectivity index (χ1) is 9.54. The molecule has 1 unspecified atom stereocenters. The summed E-state index contributed by atoms with van der Waals surface area (Å²) in [5, 5.41) is 3.15. The number of nitrogens with zero attached hydrogens (tertiary/aromatic N) is 1. The summed E-state index contributed by atoms with van der Waals surface area (Å²) in [5.74, 6) is 0.641. The van der Waals surface area contributed by atoms with Gasteiger partial charge in [-0.2, -0.15) is 0 Å². The highest BCUT2D eigenvalue weighted by molar-refractivity contribution is 6.02. The standard InChI is InChI=1S/C16H26N2O2/c1-3-11-18-14(20)16(9-5-4-6-10-16)17-13(19)15(18,2)12-7-8-12/h12H,3-11H2,1-2H3,(H,17,19). The number of carbonyl (C=O) groups is 2. The van der Waals surface area contributed by atoms with Gasteiger partial charge >= 0.3 is 0 Å².